The second-order valence-corrected chi connectivity index (χ2v) is 3.39. The molecule has 0 heterocycles. The van der Waals surface area contributed by atoms with E-state index in [4.69, 9.17) is 4.74 Å². The molecule has 15 heavy (non-hydrogen) atoms. The maximum Gasteiger partial charge on any atom is 0.345 e. The molecule has 0 spiro atoms. The Hall–Kier alpha value is -1.43. The molecule has 0 fully saturated rings. The number of carbonyl (C=O) groups is 1. The fourth-order valence-corrected chi connectivity index (χ4v) is 1.18. The highest BCUT2D eigenvalue weighted by Crippen LogP contribution is 2.18. The molecule has 0 saturated heterocycles. The Kier molecular flexibility index (Phi) is 4.23. The van der Waals surface area contributed by atoms with E-state index in [1.165, 1.54) is 18.2 Å². The van der Waals surface area contributed by atoms with Crippen LogP contribution in [0.1, 0.15) is 10.4 Å². The lowest BCUT2D eigenvalue weighted by atomic mass is 10.2. The number of hydrogen-bond acceptors (Lipinski definition) is 4. The van der Waals surface area contributed by atoms with Crippen molar-refractivity contribution in [3.8, 4) is 0 Å². The van der Waals surface area contributed by atoms with E-state index in [1.54, 1.807) is 6.07 Å². The van der Waals surface area contributed by atoms with Gasteiger partial charge in [-0.05, 0) is 6.07 Å². The Morgan fingerprint density at radius 1 is 1.47 bits per heavy atom. The average molecular weight is 274 g/mol. The molecule has 6 heteroatoms. The number of benzene rings is 1. The number of nitro groups is 1. The molecule has 0 saturated carbocycles. The molecule has 1 aromatic rings. The quantitative estimate of drug-likeness (QED) is 0.365. The fourth-order valence-electron chi connectivity index (χ4n) is 1.01. The van der Waals surface area contributed by atoms with Crippen molar-refractivity contribution < 1.29 is 14.5 Å². The van der Waals surface area contributed by atoms with Crippen LogP contribution in [0.2, 0.25) is 0 Å². The predicted molar refractivity (Wildman–Crippen MR) is 57.2 cm³/mol. The SMILES string of the molecule is O=C(OCCBr)c1ccccc1[N+](=O)[O-]. The highest BCUT2D eigenvalue weighted by molar-refractivity contribution is 9.09. The Morgan fingerprint density at radius 2 is 2.13 bits per heavy atom. The summed E-state index contributed by atoms with van der Waals surface area (Å²) in [6, 6.07) is 5.69. The van der Waals surface area contributed by atoms with Crippen molar-refractivity contribution in [1.29, 1.82) is 0 Å². The van der Waals surface area contributed by atoms with Crippen molar-refractivity contribution in [2.75, 3.05) is 11.9 Å². The van der Waals surface area contributed by atoms with Crippen LogP contribution in [0.4, 0.5) is 5.69 Å². The van der Waals surface area contributed by atoms with Crippen LogP contribution in [-0.4, -0.2) is 22.8 Å². The van der Waals surface area contributed by atoms with Gasteiger partial charge in [0.15, 0.2) is 0 Å². The van der Waals surface area contributed by atoms with Crippen LogP contribution in [0.5, 0.6) is 0 Å². The average Bonchev–Trinajstić information content (AvgIpc) is 2.25. The van der Waals surface area contributed by atoms with E-state index in [1.807, 2.05) is 0 Å². The maximum atomic E-state index is 11.4. The van der Waals surface area contributed by atoms with Gasteiger partial charge < -0.3 is 4.74 Å². The van der Waals surface area contributed by atoms with Gasteiger partial charge in [0.1, 0.15) is 12.2 Å². The first-order valence-corrected chi connectivity index (χ1v) is 5.25. The van der Waals surface area contributed by atoms with Crippen LogP contribution in [0.25, 0.3) is 0 Å². The highest BCUT2D eigenvalue weighted by atomic mass is 79.9. The Labute approximate surface area is 94.3 Å². The smallest absolute Gasteiger partial charge is 0.345 e. The van der Waals surface area contributed by atoms with Gasteiger partial charge in [-0.25, -0.2) is 4.79 Å². The van der Waals surface area contributed by atoms with Crippen molar-refractivity contribution in [3.63, 3.8) is 0 Å². The molecule has 0 aliphatic carbocycles. The second kappa shape index (κ2) is 5.45. The third-order valence-electron chi connectivity index (χ3n) is 1.63. The molecule has 0 radical (unpaired) electrons. The first kappa shape index (κ1) is 11.6. The van der Waals surface area contributed by atoms with E-state index in [0.29, 0.717) is 5.33 Å². The fraction of sp³-hybridized carbons (Fsp3) is 0.222. The lowest BCUT2D eigenvalue weighted by Gasteiger charge is -2.02. The topological polar surface area (TPSA) is 69.4 Å². The van der Waals surface area contributed by atoms with Crippen LogP contribution in [-0.2, 0) is 4.74 Å². The van der Waals surface area contributed by atoms with Gasteiger partial charge in [0.05, 0.1) is 4.92 Å². The minimum Gasteiger partial charge on any atom is -0.461 e. The van der Waals surface area contributed by atoms with Gasteiger partial charge in [0.25, 0.3) is 5.69 Å². The van der Waals surface area contributed by atoms with Crippen LogP contribution >= 0.6 is 15.9 Å². The largest absolute Gasteiger partial charge is 0.461 e. The van der Waals surface area contributed by atoms with Crippen molar-refractivity contribution in [3.05, 3.63) is 39.9 Å². The Morgan fingerprint density at radius 3 is 2.73 bits per heavy atom. The van der Waals surface area contributed by atoms with Crippen LogP contribution in [0, 0.1) is 10.1 Å². The summed E-state index contributed by atoms with van der Waals surface area (Å²) in [5.41, 5.74) is -0.263. The predicted octanol–water partition coefficient (Wildman–Crippen LogP) is 2.15. The molecular weight excluding hydrogens is 266 g/mol. The number of hydrogen-bond donors (Lipinski definition) is 0. The standard InChI is InChI=1S/C9H8BrNO4/c10-5-6-15-9(12)7-3-1-2-4-8(7)11(13)14/h1-4H,5-6H2. The molecule has 1 rings (SSSR count). The monoisotopic (exact) mass is 273 g/mol. The zero-order valence-corrected chi connectivity index (χ0v) is 9.27. The normalized spacial score (nSPS) is 9.67. The second-order valence-electron chi connectivity index (χ2n) is 2.60. The number of alkyl halides is 1. The third kappa shape index (κ3) is 3.02. The number of esters is 1. The number of rotatable bonds is 4. The van der Waals surface area contributed by atoms with E-state index in [0.717, 1.165) is 0 Å². The van der Waals surface area contributed by atoms with Crippen molar-refractivity contribution >= 4 is 27.6 Å². The molecule has 1 aromatic carbocycles. The van der Waals surface area contributed by atoms with Gasteiger partial charge in [-0.3, -0.25) is 10.1 Å². The van der Waals surface area contributed by atoms with Gasteiger partial charge in [-0.2, -0.15) is 0 Å². The minimum absolute atomic E-state index is 0.0246. The van der Waals surface area contributed by atoms with Gasteiger partial charge in [0, 0.05) is 11.4 Å². The zero-order chi connectivity index (χ0) is 11.3. The molecule has 0 amide bonds. The summed E-state index contributed by atoms with van der Waals surface area (Å²) >= 11 is 3.09. The summed E-state index contributed by atoms with van der Waals surface area (Å²) in [5, 5.41) is 11.1. The summed E-state index contributed by atoms with van der Waals surface area (Å²) in [6.45, 7) is 0.185. The van der Waals surface area contributed by atoms with Gasteiger partial charge in [0.2, 0.25) is 0 Å². The molecule has 0 unspecified atom stereocenters. The number of nitro benzene ring substituents is 1. The third-order valence-corrected chi connectivity index (χ3v) is 1.95. The molecule has 0 N–H and O–H groups in total. The van der Waals surface area contributed by atoms with Crippen LogP contribution in [0.3, 0.4) is 0 Å². The highest BCUT2D eigenvalue weighted by Gasteiger charge is 2.19. The van der Waals surface area contributed by atoms with Gasteiger partial charge in [-0.1, -0.05) is 28.1 Å². The van der Waals surface area contributed by atoms with E-state index in [-0.39, 0.29) is 17.9 Å². The number of para-hydroxylation sites is 1. The van der Waals surface area contributed by atoms with Gasteiger partial charge >= 0.3 is 5.97 Å². The van der Waals surface area contributed by atoms with E-state index in [9.17, 15) is 14.9 Å². The molecule has 0 aliphatic heterocycles. The molecule has 0 bridgehead atoms. The zero-order valence-electron chi connectivity index (χ0n) is 7.68. The lowest BCUT2D eigenvalue weighted by Crippen LogP contribution is -2.09. The van der Waals surface area contributed by atoms with Crippen LogP contribution < -0.4 is 0 Å². The number of halogens is 1. The Bertz CT molecular complexity index is 380. The summed E-state index contributed by atoms with van der Waals surface area (Å²) in [7, 11) is 0. The van der Waals surface area contributed by atoms with E-state index < -0.39 is 10.9 Å². The molecule has 0 aromatic heterocycles. The number of carbonyl (C=O) groups excluding carboxylic acids is 1. The number of nitrogens with zero attached hydrogens (tertiary/aromatic N) is 1. The molecular formula is C9H8BrNO4. The molecule has 0 atom stereocenters. The summed E-state index contributed by atoms with van der Waals surface area (Å²) < 4.78 is 4.78. The molecule has 0 aliphatic rings. The molecule has 5 nitrogen and oxygen atoms in total. The first-order chi connectivity index (χ1) is 7.16. The summed E-state index contributed by atoms with van der Waals surface area (Å²) in [6.07, 6.45) is 0. The number of ether oxygens (including phenoxy) is 1. The summed E-state index contributed by atoms with van der Waals surface area (Å²) in [4.78, 5) is 21.4. The van der Waals surface area contributed by atoms with Crippen molar-refractivity contribution in [2.24, 2.45) is 0 Å². The minimum atomic E-state index is -0.679. The lowest BCUT2D eigenvalue weighted by molar-refractivity contribution is -0.385. The molecule has 80 valence electrons. The van der Waals surface area contributed by atoms with Gasteiger partial charge in [-0.15, -0.1) is 0 Å². The van der Waals surface area contributed by atoms with E-state index >= 15 is 0 Å². The van der Waals surface area contributed by atoms with E-state index in [2.05, 4.69) is 15.9 Å². The van der Waals surface area contributed by atoms with Crippen molar-refractivity contribution in [1.82, 2.24) is 0 Å². The maximum absolute atomic E-state index is 11.4. The first-order valence-electron chi connectivity index (χ1n) is 4.13. The van der Waals surface area contributed by atoms with Crippen molar-refractivity contribution in [2.45, 2.75) is 0 Å². The summed E-state index contributed by atoms with van der Waals surface area (Å²) in [5.74, 6) is -0.679. The van der Waals surface area contributed by atoms with Crippen LogP contribution in [0.15, 0.2) is 24.3 Å². The Balaban J connectivity index is 2.92.